The second-order valence-corrected chi connectivity index (χ2v) is 9.30. The molecule has 2 aromatic carbocycles. The summed E-state index contributed by atoms with van der Waals surface area (Å²) in [5.74, 6) is 0. The fourth-order valence-corrected chi connectivity index (χ4v) is 4.34. The van der Waals surface area contributed by atoms with Crippen molar-refractivity contribution in [1.29, 1.82) is 0 Å². The Kier molecular flexibility index (Phi) is 8.24. The number of ether oxygens (including phenoxy) is 1. The van der Waals surface area contributed by atoms with Crippen LogP contribution in [0.15, 0.2) is 36.4 Å². The molecule has 2 fully saturated rings. The SMILES string of the molecule is CC.CC(C)(C)OC(=O)N1CCC(Nc2ccc(N3CCNCC3)c3ccccc23)CC1. The van der Waals surface area contributed by atoms with Crippen LogP contribution in [0.1, 0.15) is 47.5 Å². The van der Waals surface area contributed by atoms with Gasteiger partial charge in [-0.3, -0.25) is 0 Å². The van der Waals surface area contributed by atoms with E-state index >= 15 is 0 Å². The topological polar surface area (TPSA) is 56.8 Å². The van der Waals surface area contributed by atoms with Crippen LogP contribution >= 0.6 is 0 Å². The van der Waals surface area contributed by atoms with Gasteiger partial charge >= 0.3 is 6.09 Å². The summed E-state index contributed by atoms with van der Waals surface area (Å²) in [6.07, 6.45) is 1.65. The summed E-state index contributed by atoms with van der Waals surface area (Å²) < 4.78 is 5.52. The van der Waals surface area contributed by atoms with Gasteiger partial charge < -0.3 is 25.2 Å². The summed E-state index contributed by atoms with van der Waals surface area (Å²) in [7, 11) is 0. The zero-order valence-electron chi connectivity index (χ0n) is 20.4. The van der Waals surface area contributed by atoms with Gasteiger partial charge in [0.2, 0.25) is 0 Å². The zero-order valence-corrected chi connectivity index (χ0v) is 20.4. The first-order valence-corrected chi connectivity index (χ1v) is 12.1. The zero-order chi connectivity index (χ0) is 23.1. The van der Waals surface area contributed by atoms with Crippen molar-refractivity contribution in [3.63, 3.8) is 0 Å². The number of hydrogen-bond acceptors (Lipinski definition) is 5. The second kappa shape index (κ2) is 10.9. The number of nitrogens with one attached hydrogen (secondary N) is 2. The number of anilines is 2. The molecule has 0 saturated carbocycles. The van der Waals surface area contributed by atoms with Gasteiger partial charge in [-0.1, -0.05) is 38.1 Å². The third-order valence-electron chi connectivity index (χ3n) is 5.87. The quantitative estimate of drug-likeness (QED) is 0.696. The lowest BCUT2D eigenvalue weighted by atomic mass is 10.0. The van der Waals surface area contributed by atoms with Crippen LogP contribution in [0.25, 0.3) is 10.8 Å². The fourth-order valence-electron chi connectivity index (χ4n) is 4.34. The Hall–Kier alpha value is -2.47. The van der Waals surface area contributed by atoms with Crippen molar-refractivity contribution in [1.82, 2.24) is 10.2 Å². The lowest BCUT2D eigenvalue weighted by Gasteiger charge is -2.34. The molecule has 6 nitrogen and oxygen atoms in total. The molecule has 0 aliphatic carbocycles. The van der Waals surface area contributed by atoms with E-state index in [0.717, 1.165) is 52.1 Å². The molecule has 0 unspecified atom stereocenters. The summed E-state index contributed by atoms with van der Waals surface area (Å²) >= 11 is 0. The first-order valence-electron chi connectivity index (χ1n) is 12.1. The lowest BCUT2D eigenvalue weighted by Crippen LogP contribution is -2.44. The molecule has 0 aromatic heterocycles. The molecular weight excluding hydrogens is 400 g/mol. The summed E-state index contributed by atoms with van der Waals surface area (Å²) in [6.45, 7) is 15.3. The van der Waals surface area contributed by atoms with Gasteiger partial charge in [-0.2, -0.15) is 0 Å². The van der Waals surface area contributed by atoms with Crippen LogP contribution in [-0.2, 0) is 4.74 Å². The number of rotatable bonds is 3. The smallest absolute Gasteiger partial charge is 0.410 e. The molecule has 2 aliphatic rings. The van der Waals surface area contributed by atoms with Gasteiger partial charge in [0.25, 0.3) is 0 Å². The van der Waals surface area contributed by atoms with Crippen molar-refractivity contribution in [2.75, 3.05) is 49.5 Å². The minimum Gasteiger partial charge on any atom is -0.444 e. The summed E-state index contributed by atoms with van der Waals surface area (Å²) in [5.41, 5.74) is 2.05. The van der Waals surface area contributed by atoms with Crippen molar-refractivity contribution in [3.8, 4) is 0 Å². The number of benzene rings is 2. The lowest BCUT2D eigenvalue weighted by molar-refractivity contribution is 0.0210. The van der Waals surface area contributed by atoms with Crippen molar-refractivity contribution in [2.45, 2.75) is 59.1 Å². The Bertz CT molecular complexity index is 879. The Morgan fingerprint density at radius 1 is 0.969 bits per heavy atom. The van der Waals surface area contributed by atoms with Crippen LogP contribution in [-0.4, -0.2) is 61.9 Å². The standard InChI is InChI=1S/C24H34N4O2.C2H6/c1-24(2,3)30-23(29)28-14-10-18(11-15-28)26-21-8-9-22(27-16-12-25-13-17-27)20-7-5-4-6-19(20)21;1-2/h4-9,18,25-26H,10-17H2,1-3H3;1-2H3. The van der Waals surface area contributed by atoms with Crippen molar-refractivity contribution < 1.29 is 9.53 Å². The molecule has 2 heterocycles. The molecular formula is C26H40N4O2. The number of fused-ring (bicyclic) bond motifs is 1. The average molecular weight is 441 g/mol. The first-order chi connectivity index (χ1) is 15.4. The minimum absolute atomic E-state index is 0.202. The predicted octanol–water partition coefficient (Wildman–Crippen LogP) is 5.09. The Balaban J connectivity index is 0.00000141. The maximum Gasteiger partial charge on any atom is 0.410 e. The maximum atomic E-state index is 12.3. The number of carbonyl (C=O) groups excluding carboxylic acids is 1. The molecule has 0 atom stereocenters. The number of amides is 1. The Morgan fingerprint density at radius 3 is 2.22 bits per heavy atom. The third-order valence-corrected chi connectivity index (χ3v) is 5.87. The molecule has 1 amide bonds. The predicted molar refractivity (Wildman–Crippen MR) is 135 cm³/mol. The molecule has 0 radical (unpaired) electrons. The van der Waals surface area contributed by atoms with E-state index in [4.69, 9.17) is 4.74 Å². The molecule has 4 rings (SSSR count). The van der Waals surface area contributed by atoms with E-state index in [0.29, 0.717) is 6.04 Å². The van der Waals surface area contributed by atoms with Crippen molar-refractivity contribution >= 4 is 28.2 Å². The average Bonchev–Trinajstić information content (AvgIpc) is 2.80. The number of piperidine rings is 1. The molecule has 2 N–H and O–H groups in total. The Labute approximate surface area is 193 Å². The Morgan fingerprint density at radius 2 is 1.59 bits per heavy atom. The van der Waals surface area contributed by atoms with Gasteiger partial charge in [0, 0.05) is 67.5 Å². The fraction of sp³-hybridized carbons (Fsp3) is 0.577. The molecule has 0 bridgehead atoms. The first kappa shape index (κ1) is 24.2. The molecule has 32 heavy (non-hydrogen) atoms. The van der Waals surface area contributed by atoms with Crippen molar-refractivity contribution in [3.05, 3.63) is 36.4 Å². The van der Waals surface area contributed by atoms with Crippen LogP contribution in [0.5, 0.6) is 0 Å². The van der Waals surface area contributed by atoms with E-state index in [1.54, 1.807) is 0 Å². The van der Waals surface area contributed by atoms with E-state index in [1.165, 1.54) is 22.1 Å². The third kappa shape index (κ3) is 6.06. The van der Waals surface area contributed by atoms with E-state index in [1.807, 2.05) is 39.5 Å². The number of likely N-dealkylation sites (tertiary alicyclic amines) is 1. The highest BCUT2D eigenvalue weighted by Crippen LogP contribution is 2.33. The number of hydrogen-bond donors (Lipinski definition) is 2. The van der Waals surface area contributed by atoms with Crippen LogP contribution in [0.2, 0.25) is 0 Å². The van der Waals surface area contributed by atoms with Crippen LogP contribution in [0.3, 0.4) is 0 Å². The summed E-state index contributed by atoms with van der Waals surface area (Å²) in [4.78, 5) is 16.6. The largest absolute Gasteiger partial charge is 0.444 e. The molecule has 6 heteroatoms. The highest BCUT2D eigenvalue weighted by Gasteiger charge is 2.27. The van der Waals surface area contributed by atoms with Crippen LogP contribution in [0.4, 0.5) is 16.2 Å². The molecule has 2 aliphatic heterocycles. The van der Waals surface area contributed by atoms with Gasteiger partial charge in [0.15, 0.2) is 0 Å². The molecule has 176 valence electrons. The minimum atomic E-state index is -0.447. The van der Waals surface area contributed by atoms with E-state index in [9.17, 15) is 4.79 Å². The number of piperazine rings is 1. The molecule has 2 aromatic rings. The van der Waals surface area contributed by atoms with Crippen LogP contribution < -0.4 is 15.5 Å². The highest BCUT2D eigenvalue weighted by molar-refractivity contribution is 6.02. The van der Waals surface area contributed by atoms with Gasteiger partial charge in [-0.05, 0) is 45.7 Å². The van der Waals surface area contributed by atoms with E-state index in [2.05, 4.69) is 51.9 Å². The van der Waals surface area contributed by atoms with E-state index < -0.39 is 5.60 Å². The highest BCUT2D eigenvalue weighted by atomic mass is 16.6. The molecule has 0 spiro atoms. The van der Waals surface area contributed by atoms with Gasteiger partial charge in [0.05, 0.1) is 0 Å². The summed E-state index contributed by atoms with van der Waals surface area (Å²) in [5, 5.41) is 9.75. The monoisotopic (exact) mass is 440 g/mol. The van der Waals surface area contributed by atoms with Crippen molar-refractivity contribution in [2.24, 2.45) is 0 Å². The maximum absolute atomic E-state index is 12.3. The van der Waals surface area contributed by atoms with E-state index in [-0.39, 0.29) is 6.09 Å². The van der Waals surface area contributed by atoms with Gasteiger partial charge in [-0.25, -0.2) is 4.79 Å². The van der Waals surface area contributed by atoms with Gasteiger partial charge in [0.1, 0.15) is 5.60 Å². The number of nitrogens with zero attached hydrogens (tertiary/aromatic N) is 2. The summed E-state index contributed by atoms with van der Waals surface area (Å²) in [6, 6.07) is 13.5. The normalized spacial score (nSPS) is 17.5. The number of carbonyl (C=O) groups is 1. The molecule has 2 saturated heterocycles. The van der Waals surface area contributed by atoms with Crippen LogP contribution in [0, 0.1) is 0 Å². The van der Waals surface area contributed by atoms with Gasteiger partial charge in [-0.15, -0.1) is 0 Å². The second-order valence-electron chi connectivity index (χ2n) is 9.30.